The Morgan fingerprint density at radius 1 is 1.15 bits per heavy atom. The van der Waals surface area contributed by atoms with Crippen molar-refractivity contribution >= 4 is 34.1 Å². The molecule has 0 saturated heterocycles. The van der Waals surface area contributed by atoms with Crippen LogP contribution in [0.2, 0.25) is 0 Å². The molecule has 0 aromatic carbocycles. The number of esters is 1. The number of amides is 2. The molecule has 1 N–H and O–H groups in total. The van der Waals surface area contributed by atoms with Crippen LogP contribution in [0, 0.1) is 31.6 Å². The molecule has 0 spiro atoms. The number of furan rings is 1. The van der Waals surface area contributed by atoms with Gasteiger partial charge in [0, 0.05) is 17.3 Å². The second-order valence-corrected chi connectivity index (χ2v) is 11.7. The van der Waals surface area contributed by atoms with Crippen molar-refractivity contribution in [2.45, 2.75) is 71.4 Å². The van der Waals surface area contributed by atoms with Gasteiger partial charge >= 0.3 is 5.97 Å². The zero-order valence-electron chi connectivity index (χ0n) is 20.0. The first-order chi connectivity index (χ1) is 16.2. The first-order valence-electron chi connectivity index (χ1n) is 12.1. The summed E-state index contributed by atoms with van der Waals surface area (Å²) in [5.41, 5.74) is 0.916. The van der Waals surface area contributed by atoms with Crippen molar-refractivity contribution in [2.75, 3.05) is 11.9 Å². The van der Waals surface area contributed by atoms with E-state index < -0.39 is 5.97 Å². The minimum Gasteiger partial charge on any atom is -0.467 e. The molecule has 0 unspecified atom stereocenters. The Labute approximate surface area is 203 Å². The van der Waals surface area contributed by atoms with Crippen LogP contribution in [0.3, 0.4) is 0 Å². The number of carbonyl (C=O) groups is 3. The third-order valence-electron chi connectivity index (χ3n) is 7.98. The Morgan fingerprint density at radius 2 is 1.79 bits per heavy atom. The fourth-order valence-electron chi connectivity index (χ4n) is 6.87. The monoisotopic (exact) mass is 484 g/mol. The molecule has 34 heavy (non-hydrogen) atoms. The van der Waals surface area contributed by atoms with E-state index in [1.165, 1.54) is 37.5 Å². The van der Waals surface area contributed by atoms with E-state index in [4.69, 9.17) is 9.15 Å². The maximum absolute atomic E-state index is 13.6. The second kappa shape index (κ2) is 8.87. The summed E-state index contributed by atoms with van der Waals surface area (Å²) in [7, 11) is 0. The largest absolute Gasteiger partial charge is 0.467 e. The lowest BCUT2D eigenvalue weighted by atomic mass is 9.52. The Morgan fingerprint density at radius 3 is 2.35 bits per heavy atom. The first-order valence-corrected chi connectivity index (χ1v) is 12.9. The van der Waals surface area contributed by atoms with Crippen molar-refractivity contribution in [1.82, 2.24) is 4.90 Å². The summed E-state index contributed by atoms with van der Waals surface area (Å²) in [4.78, 5) is 41.1. The zero-order chi connectivity index (χ0) is 24.0. The number of aryl methyl sites for hydroxylation is 1. The van der Waals surface area contributed by atoms with Crippen LogP contribution in [0.4, 0.5) is 5.00 Å². The van der Waals surface area contributed by atoms with E-state index in [1.807, 2.05) is 30.9 Å². The fourth-order valence-corrected chi connectivity index (χ4v) is 7.97. The summed E-state index contributed by atoms with van der Waals surface area (Å²) in [6, 6.07) is 3.73. The zero-order valence-corrected chi connectivity index (χ0v) is 20.8. The van der Waals surface area contributed by atoms with Crippen molar-refractivity contribution in [3.05, 3.63) is 40.2 Å². The highest BCUT2D eigenvalue weighted by molar-refractivity contribution is 7.16. The van der Waals surface area contributed by atoms with Crippen molar-refractivity contribution < 1.29 is 23.5 Å². The van der Waals surface area contributed by atoms with Crippen LogP contribution in [-0.2, 0) is 20.9 Å². The number of hydrogen-bond acceptors (Lipinski definition) is 6. The molecule has 0 aliphatic heterocycles. The van der Waals surface area contributed by atoms with E-state index in [9.17, 15) is 14.4 Å². The lowest BCUT2D eigenvalue weighted by Gasteiger charge is -2.60. The van der Waals surface area contributed by atoms with E-state index in [0.29, 0.717) is 34.9 Å². The van der Waals surface area contributed by atoms with Gasteiger partial charge in [0.1, 0.15) is 10.8 Å². The lowest BCUT2D eigenvalue weighted by molar-refractivity contribution is -0.156. The summed E-state index contributed by atoms with van der Waals surface area (Å²) < 4.78 is 11.2. The van der Waals surface area contributed by atoms with Crippen molar-refractivity contribution in [2.24, 2.45) is 17.8 Å². The van der Waals surface area contributed by atoms with Crippen LogP contribution in [0.1, 0.15) is 72.0 Å². The molecule has 0 atom stereocenters. The van der Waals surface area contributed by atoms with Crippen LogP contribution in [0.25, 0.3) is 0 Å². The maximum atomic E-state index is 13.6. The number of hydrogen-bond donors (Lipinski definition) is 1. The minimum absolute atomic E-state index is 0.179. The van der Waals surface area contributed by atoms with Crippen LogP contribution in [0.5, 0.6) is 0 Å². The van der Waals surface area contributed by atoms with Crippen molar-refractivity contribution in [3.63, 3.8) is 0 Å². The van der Waals surface area contributed by atoms with Gasteiger partial charge in [-0.25, -0.2) is 4.79 Å². The molecule has 4 fully saturated rings. The number of nitrogens with one attached hydrogen (secondary N) is 1. The van der Waals surface area contributed by atoms with E-state index in [0.717, 1.165) is 35.5 Å². The molecule has 2 aromatic rings. The standard InChI is InChI=1S/C26H32N2O5S/c1-15-16(2)34-24(27-17(3)29)23(15)25(31)33-14-22(30)28(13-21-5-4-6-32-21)26-10-18-7-19(11-26)9-20(8-18)12-26/h4-6,18-20H,7-14H2,1-3H3,(H,27,29). The lowest BCUT2D eigenvalue weighted by Crippen LogP contribution is -2.61. The number of carbonyl (C=O) groups excluding carboxylic acids is 3. The molecule has 2 heterocycles. The van der Waals surface area contributed by atoms with Crippen molar-refractivity contribution in [3.8, 4) is 0 Å². The molecule has 182 valence electrons. The Hall–Kier alpha value is -2.61. The maximum Gasteiger partial charge on any atom is 0.341 e. The van der Waals surface area contributed by atoms with Gasteiger partial charge in [0.25, 0.3) is 5.91 Å². The number of rotatable bonds is 7. The van der Waals surface area contributed by atoms with Gasteiger partial charge in [-0.2, -0.15) is 0 Å². The summed E-state index contributed by atoms with van der Waals surface area (Å²) in [5.74, 6) is 1.76. The van der Waals surface area contributed by atoms with Gasteiger partial charge < -0.3 is 19.4 Å². The smallest absolute Gasteiger partial charge is 0.341 e. The van der Waals surface area contributed by atoms with E-state index in [1.54, 1.807) is 6.26 Å². The molecule has 4 saturated carbocycles. The highest BCUT2D eigenvalue weighted by atomic mass is 32.1. The molecule has 7 nitrogen and oxygen atoms in total. The Bertz CT molecular complexity index is 1070. The van der Waals surface area contributed by atoms with Crippen LogP contribution in [0.15, 0.2) is 22.8 Å². The van der Waals surface area contributed by atoms with Gasteiger partial charge in [0.2, 0.25) is 5.91 Å². The Kier molecular flexibility index (Phi) is 6.04. The third kappa shape index (κ3) is 4.28. The summed E-state index contributed by atoms with van der Waals surface area (Å²) >= 11 is 1.34. The molecule has 2 aromatic heterocycles. The van der Waals surface area contributed by atoms with Gasteiger partial charge in [0.05, 0.1) is 18.4 Å². The molecule has 8 heteroatoms. The SMILES string of the molecule is CC(=O)Nc1sc(C)c(C)c1C(=O)OCC(=O)N(Cc1ccco1)C12CC3CC(CC(C3)C1)C2. The van der Waals surface area contributed by atoms with Gasteiger partial charge in [-0.1, -0.05) is 0 Å². The molecular formula is C26H32N2O5S. The number of nitrogens with zero attached hydrogens (tertiary/aromatic N) is 1. The molecule has 4 aliphatic carbocycles. The Balaban J connectivity index is 1.35. The van der Waals surface area contributed by atoms with Crippen LogP contribution in [-0.4, -0.2) is 34.8 Å². The molecule has 0 radical (unpaired) electrons. The van der Waals surface area contributed by atoms with E-state index >= 15 is 0 Å². The summed E-state index contributed by atoms with van der Waals surface area (Å²) in [6.45, 7) is 5.19. The third-order valence-corrected chi connectivity index (χ3v) is 9.10. The van der Waals surface area contributed by atoms with Gasteiger partial charge in [-0.15, -0.1) is 11.3 Å². The minimum atomic E-state index is -0.581. The quantitative estimate of drug-likeness (QED) is 0.554. The molecule has 6 rings (SSSR count). The van der Waals surface area contributed by atoms with Crippen LogP contribution >= 0.6 is 11.3 Å². The number of ether oxygens (including phenoxy) is 1. The van der Waals surface area contributed by atoms with Gasteiger partial charge in [-0.3, -0.25) is 9.59 Å². The number of thiophene rings is 1. The van der Waals surface area contributed by atoms with E-state index in [2.05, 4.69) is 5.32 Å². The number of anilines is 1. The summed E-state index contributed by atoms with van der Waals surface area (Å²) in [5, 5.41) is 3.18. The predicted octanol–water partition coefficient (Wildman–Crippen LogP) is 5.07. The van der Waals surface area contributed by atoms with Gasteiger partial charge in [-0.05, 0) is 87.8 Å². The highest BCUT2D eigenvalue weighted by Gasteiger charge is 2.54. The molecular weight excluding hydrogens is 452 g/mol. The molecule has 4 aliphatic rings. The van der Waals surface area contributed by atoms with E-state index in [-0.39, 0.29) is 24.0 Å². The second-order valence-electron chi connectivity index (χ2n) is 10.4. The fraction of sp³-hybridized carbons (Fsp3) is 0.577. The topological polar surface area (TPSA) is 88.8 Å². The average molecular weight is 485 g/mol. The average Bonchev–Trinajstić information content (AvgIpc) is 3.36. The molecule has 4 bridgehead atoms. The predicted molar refractivity (Wildman–Crippen MR) is 129 cm³/mol. The van der Waals surface area contributed by atoms with Crippen molar-refractivity contribution in [1.29, 1.82) is 0 Å². The summed E-state index contributed by atoms with van der Waals surface area (Å²) in [6.07, 6.45) is 8.53. The normalized spacial score (nSPS) is 27.0. The van der Waals surface area contributed by atoms with Crippen LogP contribution < -0.4 is 5.32 Å². The van der Waals surface area contributed by atoms with Gasteiger partial charge in [0.15, 0.2) is 6.61 Å². The highest BCUT2D eigenvalue weighted by Crippen LogP contribution is 2.58. The first kappa shape index (κ1) is 23.1. The molecule has 2 amide bonds.